The number of hydrogen-bond donors (Lipinski definition) is 0. The average Bonchev–Trinajstić information content (AvgIpc) is 1.60. The third-order valence-electron chi connectivity index (χ3n) is 0.624. The van der Waals surface area contributed by atoms with Crippen molar-refractivity contribution in [2.75, 3.05) is 0 Å². The maximum atomic E-state index is 11.6. The topological polar surface area (TPSA) is 0 Å². The molecule has 0 spiro atoms. The van der Waals surface area contributed by atoms with Crippen molar-refractivity contribution in [2.45, 2.75) is 16.0 Å². The van der Waals surface area contributed by atoms with Gasteiger partial charge in [-0.15, -0.1) is 0 Å². The molecule has 0 aromatic heterocycles. The van der Waals surface area contributed by atoms with E-state index >= 15 is 0 Å². The van der Waals surface area contributed by atoms with Crippen molar-refractivity contribution in [2.24, 2.45) is 0 Å². The van der Waals surface area contributed by atoms with Gasteiger partial charge in [0.15, 0.2) is 0 Å². The normalized spacial score (nSPS) is 15.9. The summed E-state index contributed by atoms with van der Waals surface area (Å²) >= 11 is -4.74. The molecule has 0 aromatic rings. The van der Waals surface area contributed by atoms with E-state index in [0.29, 0.717) is 0 Å². The quantitative estimate of drug-likeness (QED) is 0.535. The second kappa shape index (κ2) is 3.93. The molecule has 0 rings (SSSR count). The molecule has 0 N–H and O–H groups in total. The van der Waals surface area contributed by atoms with Gasteiger partial charge in [-0.1, -0.05) is 0 Å². The standard InChI is InChI=1S/C3H4AsF5Se/c1-10-4(2(5)6)3(7,8)9/h2H,1H3. The fraction of sp³-hybridized carbons (Fsp3) is 1.00. The number of rotatable bonds is 2. The van der Waals surface area contributed by atoms with Crippen molar-refractivity contribution in [1.29, 1.82) is 0 Å². The van der Waals surface area contributed by atoms with Gasteiger partial charge in [-0.2, -0.15) is 0 Å². The molecule has 0 aliphatic heterocycles. The Hall–Kier alpha value is 0.728. The maximum absolute atomic E-state index is 11.6. The third kappa shape index (κ3) is 3.22. The second-order valence-electron chi connectivity index (χ2n) is 1.25. The molecular weight excluding hydrogens is 285 g/mol. The summed E-state index contributed by atoms with van der Waals surface area (Å²) in [6.07, 6.45) is 0. The molecular formula is C3H4AsF5Se. The van der Waals surface area contributed by atoms with Crippen molar-refractivity contribution in [3.8, 4) is 0 Å². The second-order valence-corrected chi connectivity index (χ2v) is 13.5. The summed E-state index contributed by atoms with van der Waals surface area (Å²) in [6, 6.07) is 0. The van der Waals surface area contributed by atoms with Crippen LogP contribution in [0.15, 0.2) is 0 Å². The number of hydrogen-bond acceptors (Lipinski definition) is 0. The summed E-state index contributed by atoms with van der Waals surface area (Å²) in [5, 5.41) is -3.13. The van der Waals surface area contributed by atoms with Crippen LogP contribution in [0.1, 0.15) is 0 Å². The van der Waals surface area contributed by atoms with Crippen molar-refractivity contribution in [3.63, 3.8) is 0 Å². The fourth-order valence-corrected chi connectivity index (χ4v) is 5.52. The Labute approximate surface area is 64.0 Å². The van der Waals surface area contributed by atoms with Gasteiger partial charge in [0.05, 0.1) is 0 Å². The minimum atomic E-state index is -4.59. The Kier molecular flexibility index (Phi) is 4.22. The van der Waals surface area contributed by atoms with E-state index in [1.54, 1.807) is 0 Å². The Morgan fingerprint density at radius 3 is 1.70 bits per heavy atom. The molecule has 1 atom stereocenters. The predicted octanol–water partition coefficient (Wildman–Crippen LogP) is 1.64. The van der Waals surface area contributed by atoms with E-state index in [2.05, 4.69) is 0 Å². The molecule has 0 aliphatic carbocycles. The molecule has 7 heteroatoms. The van der Waals surface area contributed by atoms with Crippen molar-refractivity contribution < 1.29 is 22.0 Å². The first kappa shape index (κ1) is 10.7. The van der Waals surface area contributed by atoms with Crippen molar-refractivity contribution >= 4 is 25.7 Å². The molecule has 0 saturated carbocycles. The van der Waals surface area contributed by atoms with Gasteiger partial charge in [0.1, 0.15) is 0 Å². The zero-order chi connectivity index (χ0) is 8.36. The van der Waals surface area contributed by atoms with Gasteiger partial charge in [-0.05, 0) is 0 Å². The minimum absolute atomic E-state index is 0.931. The van der Waals surface area contributed by atoms with Gasteiger partial charge in [0, 0.05) is 0 Å². The van der Waals surface area contributed by atoms with Gasteiger partial charge in [0.2, 0.25) is 0 Å². The molecule has 0 bridgehead atoms. The summed E-state index contributed by atoms with van der Waals surface area (Å²) in [6.45, 7) is 0. The first-order valence-corrected chi connectivity index (χ1v) is 10.6. The fourth-order valence-electron chi connectivity index (χ4n) is 0.294. The summed E-state index contributed by atoms with van der Waals surface area (Å²) in [5.74, 6) is 1.21. The van der Waals surface area contributed by atoms with Gasteiger partial charge in [-0.25, -0.2) is 0 Å². The summed E-state index contributed by atoms with van der Waals surface area (Å²) < 4.78 is 57.8. The van der Waals surface area contributed by atoms with Gasteiger partial charge in [0.25, 0.3) is 0 Å². The van der Waals surface area contributed by atoms with E-state index in [-0.39, 0.29) is 0 Å². The van der Waals surface area contributed by atoms with E-state index in [1.807, 2.05) is 0 Å². The number of halogens is 5. The molecule has 0 aromatic carbocycles. The van der Waals surface area contributed by atoms with Gasteiger partial charge >= 0.3 is 63.7 Å². The zero-order valence-corrected chi connectivity index (χ0v) is 8.41. The summed E-state index contributed by atoms with van der Waals surface area (Å²) in [7, 11) is 0. The van der Waals surface area contributed by atoms with Gasteiger partial charge in [-0.3, -0.25) is 0 Å². The molecule has 0 amide bonds. The van der Waals surface area contributed by atoms with E-state index in [1.165, 1.54) is 5.82 Å². The molecule has 0 saturated heterocycles. The predicted molar refractivity (Wildman–Crippen MR) is 29.4 cm³/mol. The first-order valence-electron chi connectivity index (χ1n) is 2.08. The SMILES string of the molecule is C[Se][As](C(F)F)C(F)(F)F. The van der Waals surface area contributed by atoms with E-state index in [4.69, 9.17) is 0 Å². The Morgan fingerprint density at radius 1 is 1.30 bits per heavy atom. The first-order chi connectivity index (χ1) is 4.39. The van der Waals surface area contributed by atoms with Crippen LogP contribution in [0, 0.1) is 0 Å². The van der Waals surface area contributed by atoms with Crippen LogP contribution in [-0.4, -0.2) is 35.9 Å². The van der Waals surface area contributed by atoms with Crippen LogP contribution < -0.4 is 0 Å². The van der Waals surface area contributed by atoms with Gasteiger partial charge < -0.3 is 0 Å². The van der Waals surface area contributed by atoms with Crippen LogP contribution in [0.4, 0.5) is 22.0 Å². The Bertz CT molecular complexity index is 102. The van der Waals surface area contributed by atoms with Crippen LogP contribution in [0.5, 0.6) is 0 Å². The van der Waals surface area contributed by atoms with Crippen LogP contribution in [0.25, 0.3) is 0 Å². The van der Waals surface area contributed by atoms with Crippen LogP contribution in [0.3, 0.4) is 0 Å². The van der Waals surface area contributed by atoms with Crippen LogP contribution in [-0.2, 0) is 0 Å². The molecule has 0 nitrogen and oxygen atoms in total. The zero-order valence-electron chi connectivity index (χ0n) is 4.82. The monoisotopic (exact) mass is 290 g/mol. The Balaban J connectivity index is 4.07. The van der Waals surface area contributed by atoms with Crippen molar-refractivity contribution in [1.82, 2.24) is 0 Å². The molecule has 1 unspecified atom stereocenters. The molecule has 0 radical (unpaired) electrons. The van der Waals surface area contributed by atoms with Crippen LogP contribution >= 0.6 is 0 Å². The third-order valence-corrected chi connectivity index (χ3v) is 11.5. The molecule has 0 aliphatic rings. The molecule has 10 heavy (non-hydrogen) atoms. The summed E-state index contributed by atoms with van der Waals surface area (Å²) in [5.41, 5.74) is 0. The van der Waals surface area contributed by atoms with E-state index in [0.717, 1.165) is 0 Å². The molecule has 62 valence electrons. The van der Waals surface area contributed by atoms with Crippen molar-refractivity contribution in [3.05, 3.63) is 0 Å². The average molecular weight is 289 g/mol. The van der Waals surface area contributed by atoms with Crippen LogP contribution in [0.2, 0.25) is 5.82 Å². The molecule has 0 fully saturated rings. The summed E-state index contributed by atoms with van der Waals surface area (Å²) in [4.78, 5) is -4.59. The van der Waals surface area contributed by atoms with E-state index in [9.17, 15) is 22.0 Å². The Morgan fingerprint density at radius 2 is 1.70 bits per heavy atom. The number of alkyl halides is 5. The molecule has 0 heterocycles. The van der Waals surface area contributed by atoms with E-state index < -0.39 is 35.9 Å².